The van der Waals surface area contributed by atoms with Gasteiger partial charge in [0.2, 0.25) is 0 Å². The minimum Gasteiger partial charge on any atom is -0.453 e. The van der Waals surface area contributed by atoms with E-state index in [1.807, 2.05) is 37.0 Å². The molecule has 1 rings (SSSR count). The molecule has 0 aliphatic rings. The Bertz CT molecular complexity index is 294. The maximum atomic E-state index is 10.9. The second-order valence-corrected chi connectivity index (χ2v) is 2.97. The van der Waals surface area contributed by atoms with E-state index in [4.69, 9.17) is 0 Å². The molecular formula is C9H14N2O2. The van der Waals surface area contributed by atoms with Crippen LogP contribution in [0.15, 0.2) is 18.5 Å². The van der Waals surface area contributed by atoms with Crippen molar-refractivity contribution in [2.24, 2.45) is 7.05 Å². The predicted molar refractivity (Wildman–Crippen MR) is 49.4 cm³/mol. The summed E-state index contributed by atoms with van der Waals surface area (Å²) in [6.07, 6.45) is 3.49. The number of carbonyl (C=O) groups is 1. The smallest absolute Gasteiger partial charge is 0.407 e. The molecule has 1 aromatic rings. The van der Waals surface area contributed by atoms with Gasteiger partial charge in [0.25, 0.3) is 0 Å². The molecule has 0 aromatic carbocycles. The van der Waals surface area contributed by atoms with E-state index < -0.39 is 6.09 Å². The van der Waals surface area contributed by atoms with Gasteiger partial charge in [0.1, 0.15) is 0 Å². The van der Waals surface area contributed by atoms with Crippen LogP contribution < -0.4 is 5.32 Å². The highest BCUT2D eigenvalue weighted by Gasteiger charge is 2.09. The average molecular weight is 182 g/mol. The van der Waals surface area contributed by atoms with Crippen LogP contribution in [0.25, 0.3) is 0 Å². The summed E-state index contributed by atoms with van der Waals surface area (Å²) in [7, 11) is 3.29. The zero-order chi connectivity index (χ0) is 9.84. The van der Waals surface area contributed by atoms with Crippen LogP contribution in [0.1, 0.15) is 18.5 Å². The van der Waals surface area contributed by atoms with Crippen molar-refractivity contribution in [3.05, 3.63) is 24.0 Å². The Morgan fingerprint density at radius 1 is 1.69 bits per heavy atom. The van der Waals surface area contributed by atoms with E-state index in [9.17, 15) is 4.79 Å². The van der Waals surface area contributed by atoms with Crippen LogP contribution in [-0.4, -0.2) is 17.8 Å². The molecule has 4 heteroatoms. The first-order chi connectivity index (χ1) is 6.13. The van der Waals surface area contributed by atoms with Gasteiger partial charge in [-0.1, -0.05) is 0 Å². The number of amides is 1. The van der Waals surface area contributed by atoms with E-state index in [1.165, 1.54) is 7.11 Å². The lowest BCUT2D eigenvalue weighted by molar-refractivity contribution is 0.167. The van der Waals surface area contributed by atoms with Crippen molar-refractivity contribution < 1.29 is 9.53 Å². The number of methoxy groups -OCH3 is 1. The predicted octanol–water partition coefficient (Wildman–Crippen LogP) is 1.44. The van der Waals surface area contributed by atoms with E-state index in [-0.39, 0.29) is 6.04 Å². The fourth-order valence-corrected chi connectivity index (χ4v) is 1.10. The maximum absolute atomic E-state index is 10.9. The molecule has 13 heavy (non-hydrogen) atoms. The standard InChI is InChI=1S/C9H14N2O2/c1-7(10-9(12)13-3)8-4-5-11(2)6-8/h4-7H,1-3H3,(H,10,12). The summed E-state index contributed by atoms with van der Waals surface area (Å²) in [4.78, 5) is 10.9. The van der Waals surface area contributed by atoms with Crippen LogP contribution >= 0.6 is 0 Å². The quantitative estimate of drug-likeness (QED) is 0.752. The third kappa shape index (κ3) is 2.50. The van der Waals surface area contributed by atoms with Gasteiger partial charge >= 0.3 is 6.09 Å². The SMILES string of the molecule is COC(=O)NC(C)c1ccn(C)c1. The summed E-state index contributed by atoms with van der Waals surface area (Å²) in [5.74, 6) is 0. The Hall–Kier alpha value is -1.45. The van der Waals surface area contributed by atoms with E-state index in [0.717, 1.165) is 5.56 Å². The lowest BCUT2D eigenvalue weighted by Gasteiger charge is -2.10. The fourth-order valence-electron chi connectivity index (χ4n) is 1.10. The second-order valence-electron chi connectivity index (χ2n) is 2.97. The number of hydrogen-bond acceptors (Lipinski definition) is 2. The van der Waals surface area contributed by atoms with E-state index >= 15 is 0 Å². The highest BCUT2D eigenvalue weighted by atomic mass is 16.5. The first-order valence-corrected chi connectivity index (χ1v) is 4.10. The number of nitrogens with one attached hydrogen (secondary N) is 1. The number of hydrogen-bond donors (Lipinski definition) is 1. The molecule has 0 radical (unpaired) electrons. The number of aromatic nitrogens is 1. The molecule has 0 aliphatic carbocycles. The minimum absolute atomic E-state index is 0.0198. The van der Waals surface area contributed by atoms with Gasteiger partial charge in [-0.05, 0) is 18.6 Å². The Morgan fingerprint density at radius 2 is 2.38 bits per heavy atom. The van der Waals surface area contributed by atoms with E-state index in [2.05, 4.69) is 10.1 Å². The first-order valence-electron chi connectivity index (χ1n) is 4.10. The third-order valence-corrected chi connectivity index (χ3v) is 1.87. The van der Waals surface area contributed by atoms with Crippen molar-refractivity contribution >= 4 is 6.09 Å². The molecular weight excluding hydrogens is 168 g/mol. The molecule has 0 saturated carbocycles. The molecule has 0 spiro atoms. The van der Waals surface area contributed by atoms with Crippen LogP contribution in [0.3, 0.4) is 0 Å². The lowest BCUT2D eigenvalue weighted by atomic mass is 10.2. The number of ether oxygens (including phenoxy) is 1. The zero-order valence-electron chi connectivity index (χ0n) is 8.07. The summed E-state index contributed by atoms with van der Waals surface area (Å²) >= 11 is 0. The molecule has 1 N–H and O–H groups in total. The number of rotatable bonds is 2. The molecule has 1 aromatic heterocycles. The number of nitrogens with zero attached hydrogens (tertiary/aromatic N) is 1. The molecule has 0 saturated heterocycles. The van der Waals surface area contributed by atoms with Crippen LogP contribution in [0.4, 0.5) is 4.79 Å². The van der Waals surface area contributed by atoms with Crippen LogP contribution in [0, 0.1) is 0 Å². The normalized spacial score (nSPS) is 12.2. The summed E-state index contributed by atoms with van der Waals surface area (Å²) in [5, 5.41) is 2.68. The van der Waals surface area contributed by atoms with E-state index in [0.29, 0.717) is 0 Å². The number of alkyl carbamates (subject to hydrolysis) is 1. The minimum atomic E-state index is -0.406. The summed E-state index contributed by atoms with van der Waals surface area (Å²) < 4.78 is 6.43. The summed E-state index contributed by atoms with van der Waals surface area (Å²) in [6, 6.07) is 1.94. The summed E-state index contributed by atoms with van der Waals surface area (Å²) in [5.41, 5.74) is 1.06. The van der Waals surface area contributed by atoms with Gasteiger partial charge in [0.05, 0.1) is 13.2 Å². The topological polar surface area (TPSA) is 43.3 Å². The molecule has 1 atom stereocenters. The van der Waals surface area contributed by atoms with Crippen LogP contribution in [0.5, 0.6) is 0 Å². The molecule has 1 amide bonds. The van der Waals surface area contributed by atoms with Gasteiger partial charge in [-0.3, -0.25) is 0 Å². The summed E-state index contributed by atoms with van der Waals surface area (Å²) in [6.45, 7) is 1.91. The maximum Gasteiger partial charge on any atom is 0.407 e. The molecule has 72 valence electrons. The van der Waals surface area contributed by atoms with Gasteiger partial charge in [-0.2, -0.15) is 0 Å². The largest absolute Gasteiger partial charge is 0.453 e. The zero-order valence-corrected chi connectivity index (χ0v) is 8.07. The molecule has 0 fully saturated rings. The third-order valence-electron chi connectivity index (χ3n) is 1.87. The first kappa shape index (κ1) is 9.64. The Labute approximate surface area is 77.5 Å². The second kappa shape index (κ2) is 3.98. The van der Waals surface area contributed by atoms with Crippen LogP contribution in [0.2, 0.25) is 0 Å². The van der Waals surface area contributed by atoms with Crippen molar-refractivity contribution in [1.82, 2.24) is 9.88 Å². The van der Waals surface area contributed by atoms with Crippen molar-refractivity contribution in [1.29, 1.82) is 0 Å². The van der Waals surface area contributed by atoms with Crippen molar-refractivity contribution in [2.75, 3.05) is 7.11 Å². The molecule has 4 nitrogen and oxygen atoms in total. The monoisotopic (exact) mass is 182 g/mol. The molecule has 0 bridgehead atoms. The van der Waals surface area contributed by atoms with Gasteiger partial charge < -0.3 is 14.6 Å². The van der Waals surface area contributed by atoms with Gasteiger partial charge in [0, 0.05) is 19.4 Å². The number of aryl methyl sites for hydroxylation is 1. The average Bonchev–Trinajstić information content (AvgIpc) is 2.51. The van der Waals surface area contributed by atoms with Gasteiger partial charge in [-0.15, -0.1) is 0 Å². The highest BCUT2D eigenvalue weighted by Crippen LogP contribution is 2.11. The molecule has 1 unspecified atom stereocenters. The Morgan fingerprint density at radius 3 is 2.85 bits per heavy atom. The Balaban J connectivity index is 2.58. The van der Waals surface area contributed by atoms with Gasteiger partial charge in [0.15, 0.2) is 0 Å². The van der Waals surface area contributed by atoms with E-state index in [1.54, 1.807) is 0 Å². The lowest BCUT2D eigenvalue weighted by Crippen LogP contribution is -2.25. The fraction of sp³-hybridized carbons (Fsp3) is 0.444. The van der Waals surface area contributed by atoms with Crippen molar-refractivity contribution in [2.45, 2.75) is 13.0 Å². The molecule has 1 heterocycles. The highest BCUT2D eigenvalue weighted by molar-refractivity contribution is 5.67. The number of carbonyl (C=O) groups excluding carboxylic acids is 1. The van der Waals surface area contributed by atoms with Gasteiger partial charge in [-0.25, -0.2) is 4.79 Å². The Kier molecular flexibility index (Phi) is 2.95. The van der Waals surface area contributed by atoms with Crippen LogP contribution in [-0.2, 0) is 11.8 Å². The van der Waals surface area contributed by atoms with Crippen molar-refractivity contribution in [3.63, 3.8) is 0 Å². The molecule has 0 aliphatic heterocycles. The van der Waals surface area contributed by atoms with Crippen molar-refractivity contribution in [3.8, 4) is 0 Å².